The van der Waals surface area contributed by atoms with Crippen LogP contribution in [0, 0.1) is 0 Å². The Balaban J connectivity index is -0.000000867. The van der Waals surface area contributed by atoms with Gasteiger partial charge in [-0.15, -0.1) is 17.0 Å². The molecule has 0 atom stereocenters. The van der Waals surface area contributed by atoms with Gasteiger partial charge in [-0.05, 0) is 27.6 Å². The van der Waals surface area contributed by atoms with Gasteiger partial charge in [-0.3, -0.25) is 0 Å². The molecule has 0 aromatic heterocycles. The molecular weight excluding hydrogens is 378 g/mol. The highest BCUT2D eigenvalue weighted by molar-refractivity contribution is 8.93. The van der Waals surface area contributed by atoms with Gasteiger partial charge < -0.3 is 14.7 Å². The fourth-order valence-corrected chi connectivity index (χ4v) is 2.57. The maximum atomic E-state index is 8.56. The smallest absolute Gasteiger partial charge is 0.0697 e. The fourth-order valence-electron chi connectivity index (χ4n) is 2.57. The lowest BCUT2D eigenvalue weighted by Crippen LogP contribution is -2.00. The third-order valence-corrected chi connectivity index (χ3v) is 3.88. The molecule has 0 bridgehead atoms. The lowest BCUT2D eigenvalue weighted by atomic mass is 10.0. The topological polar surface area (TPSA) is 32.7 Å². The van der Waals surface area contributed by atoms with E-state index in [-0.39, 0.29) is 23.6 Å². The highest BCUT2D eigenvalue weighted by Gasteiger charge is 1.94. The summed E-state index contributed by atoms with van der Waals surface area (Å²) in [5, 5.41) is 8.56. The molecule has 0 spiro atoms. The van der Waals surface area contributed by atoms with Gasteiger partial charge in [0, 0.05) is 6.61 Å². The van der Waals surface area contributed by atoms with E-state index in [4.69, 9.17) is 9.84 Å². The molecule has 0 saturated carbocycles. The highest BCUT2D eigenvalue weighted by Crippen LogP contribution is 2.12. The van der Waals surface area contributed by atoms with Crippen molar-refractivity contribution in [2.45, 2.75) is 96.8 Å². The predicted octanol–water partition coefficient (Wildman–Crippen LogP) is 6.23. The third kappa shape index (κ3) is 40.4. The van der Waals surface area contributed by atoms with E-state index in [1.54, 1.807) is 0 Å². The van der Waals surface area contributed by atoms with Crippen LogP contribution in [0.5, 0.6) is 0 Å². The lowest BCUT2D eigenvalue weighted by Gasteiger charge is -2.03. The number of aliphatic hydroxyl groups excluding tert-OH is 1. The summed E-state index contributed by atoms with van der Waals surface area (Å²) in [5.74, 6) is 0. The summed E-state index contributed by atoms with van der Waals surface area (Å²) in [6.45, 7) is 3.75. The van der Waals surface area contributed by atoms with E-state index in [2.05, 4.69) is 6.92 Å². The number of unbranched alkanes of at least 4 members (excludes halogenated alkanes) is 13. The maximum absolute atomic E-state index is 8.56. The lowest BCUT2D eigenvalue weighted by molar-refractivity contribution is 0.0895. The molecule has 0 fully saturated rings. The zero-order valence-corrected chi connectivity index (χ0v) is 19.4. The van der Waals surface area contributed by atoms with Crippen LogP contribution in [0.15, 0.2) is 0 Å². The van der Waals surface area contributed by atoms with E-state index >= 15 is 0 Å². The van der Waals surface area contributed by atoms with Gasteiger partial charge in [0.15, 0.2) is 0 Å². The molecule has 0 aromatic rings. The highest BCUT2D eigenvalue weighted by atomic mass is 79.9. The average Bonchev–Trinajstić information content (AvgIpc) is 2.54. The molecule has 0 rings (SSSR count). The molecule has 0 radical (unpaired) electrons. The summed E-state index contributed by atoms with van der Waals surface area (Å²) in [7, 11) is 6.00. The van der Waals surface area contributed by atoms with Gasteiger partial charge in [-0.2, -0.15) is 0 Å². The largest absolute Gasteiger partial charge is 0.394 e. The van der Waals surface area contributed by atoms with Crippen LogP contribution in [0.25, 0.3) is 0 Å². The van der Waals surface area contributed by atoms with Crippen molar-refractivity contribution in [1.82, 2.24) is 4.90 Å². The van der Waals surface area contributed by atoms with Crippen LogP contribution in [0.1, 0.15) is 96.8 Å². The number of ether oxygens (including phenoxy) is 1. The first kappa shape index (κ1) is 30.1. The second-order valence-corrected chi connectivity index (χ2v) is 7.27. The first-order valence-corrected chi connectivity index (χ1v) is 10.4. The van der Waals surface area contributed by atoms with Crippen LogP contribution in [-0.4, -0.2) is 51.0 Å². The zero-order valence-electron chi connectivity index (χ0n) is 17.7. The predicted molar refractivity (Wildman–Crippen MR) is 118 cm³/mol. The molecule has 0 aliphatic carbocycles. The Morgan fingerprint density at radius 2 is 0.920 bits per heavy atom. The number of nitrogens with zero attached hydrogens (tertiary/aromatic N) is 1. The molecule has 0 saturated heterocycles. The van der Waals surface area contributed by atoms with Gasteiger partial charge in [-0.1, -0.05) is 90.4 Å². The summed E-state index contributed by atoms with van der Waals surface area (Å²) in [5.41, 5.74) is 0. The molecule has 0 heterocycles. The molecule has 3 nitrogen and oxygen atoms in total. The van der Waals surface area contributed by atoms with Crippen molar-refractivity contribution in [2.24, 2.45) is 0 Å². The molecule has 0 amide bonds. The summed E-state index contributed by atoms with van der Waals surface area (Å²) < 4.78 is 5.24. The van der Waals surface area contributed by atoms with Crippen LogP contribution in [0.2, 0.25) is 0 Å². The number of hydrogen-bond acceptors (Lipinski definition) is 3. The van der Waals surface area contributed by atoms with E-state index < -0.39 is 0 Å². The second-order valence-electron chi connectivity index (χ2n) is 7.27. The Bertz CT molecular complexity index is 184. The Kier molecular flexibility index (Phi) is 35.1. The second kappa shape index (κ2) is 29.1. The van der Waals surface area contributed by atoms with Gasteiger partial charge >= 0.3 is 0 Å². The molecule has 156 valence electrons. The van der Waals surface area contributed by atoms with Crippen LogP contribution < -0.4 is 0 Å². The van der Waals surface area contributed by atoms with Crippen molar-refractivity contribution < 1.29 is 9.84 Å². The average molecular weight is 427 g/mol. The monoisotopic (exact) mass is 425 g/mol. The number of hydrogen-bond donors (Lipinski definition) is 1. The molecule has 25 heavy (non-hydrogen) atoms. The first-order valence-electron chi connectivity index (χ1n) is 10.4. The van der Waals surface area contributed by atoms with Crippen LogP contribution in [0.4, 0.5) is 0 Å². The van der Waals surface area contributed by atoms with Gasteiger partial charge in [0.25, 0.3) is 0 Å². The van der Waals surface area contributed by atoms with Gasteiger partial charge in [0.2, 0.25) is 0 Å². The van der Waals surface area contributed by atoms with E-state index in [0.717, 1.165) is 13.0 Å². The van der Waals surface area contributed by atoms with Crippen LogP contribution >= 0.6 is 17.0 Å². The molecule has 0 aliphatic rings. The minimum Gasteiger partial charge on any atom is -0.394 e. The van der Waals surface area contributed by atoms with Crippen molar-refractivity contribution in [3.63, 3.8) is 0 Å². The minimum absolute atomic E-state index is 0. The Morgan fingerprint density at radius 1 is 0.600 bits per heavy atom. The van der Waals surface area contributed by atoms with Gasteiger partial charge in [0.05, 0.1) is 13.2 Å². The zero-order chi connectivity index (χ0) is 18.3. The number of aliphatic hydroxyl groups is 1. The summed E-state index contributed by atoms with van der Waals surface area (Å²) in [6.07, 6.45) is 19.5. The van der Waals surface area contributed by atoms with Crippen molar-refractivity contribution in [3.05, 3.63) is 0 Å². The number of rotatable bonds is 17. The van der Waals surface area contributed by atoms with E-state index in [1.807, 2.05) is 26.0 Å². The third-order valence-electron chi connectivity index (χ3n) is 3.88. The summed E-state index contributed by atoms with van der Waals surface area (Å²) in [4.78, 5) is 2.00. The molecule has 4 heteroatoms. The van der Waals surface area contributed by atoms with Crippen LogP contribution in [-0.2, 0) is 4.74 Å². The van der Waals surface area contributed by atoms with Crippen molar-refractivity contribution in [2.75, 3.05) is 41.0 Å². The van der Waals surface area contributed by atoms with Gasteiger partial charge in [-0.25, -0.2) is 0 Å². The van der Waals surface area contributed by atoms with Crippen molar-refractivity contribution in [1.29, 1.82) is 0 Å². The minimum atomic E-state index is 0. The van der Waals surface area contributed by atoms with Crippen molar-refractivity contribution >= 4 is 17.0 Å². The normalized spacial score (nSPS) is 10.3. The first-order chi connectivity index (χ1) is 11.6. The fraction of sp³-hybridized carbons (Fsp3) is 1.00. The van der Waals surface area contributed by atoms with Crippen molar-refractivity contribution in [3.8, 4) is 0 Å². The Hall–Kier alpha value is 0.360. The van der Waals surface area contributed by atoms with Gasteiger partial charge in [0.1, 0.15) is 0 Å². The molecular formula is C21H48BrNO2. The van der Waals surface area contributed by atoms with E-state index in [0.29, 0.717) is 6.61 Å². The summed E-state index contributed by atoms with van der Waals surface area (Å²) >= 11 is 0. The summed E-state index contributed by atoms with van der Waals surface area (Å²) in [6, 6.07) is 0. The van der Waals surface area contributed by atoms with E-state index in [9.17, 15) is 0 Å². The molecule has 0 unspecified atom stereocenters. The molecule has 1 N–H and O–H groups in total. The molecule has 0 aliphatic heterocycles. The maximum Gasteiger partial charge on any atom is 0.0697 e. The SMILES string of the molecule is Br.CCCCCCCCCCCCCCCCOCCO.CN(C)C. The quantitative estimate of drug-likeness (QED) is 0.280. The molecule has 0 aromatic carbocycles. The standard InChI is InChI=1S/C18H38O2.C3H9N.BrH/c1-2-3-4-5-6-7-8-9-10-11-12-13-14-15-17-20-18-16-19;1-4(2)3;/h19H,2-18H2,1H3;1-3H3;1H. The van der Waals surface area contributed by atoms with Crippen LogP contribution in [0.3, 0.4) is 0 Å². The Morgan fingerprint density at radius 3 is 1.24 bits per heavy atom. The Labute approximate surface area is 169 Å². The number of halogens is 1. The van der Waals surface area contributed by atoms with E-state index in [1.165, 1.54) is 83.5 Å².